The first kappa shape index (κ1) is 14.4. The molecule has 2 nitrogen and oxygen atoms in total. The molecule has 0 N–H and O–H groups in total. The zero-order valence-corrected chi connectivity index (χ0v) is 12.3. The van der Waals surface area contributed by atoms with Crippen LogP contribution in [0.5, 0.6) is 11.5 Å². The fourth-order valence-corrected chi connectivity index (χ4v) is 2.19. The summed E-state index contributed by atoms with van der Waals surface area (Å²) >= 11 is 6.15. The highest BCUT2D eigenvalue weighted by Crippen LogP contribution is 2.35. The van der Waals surface area contributed by atoms with Gasteiger partial charge in [-0.15, -0.1) is 0 Å². The highest BCUT2D eigenvalue weighted by atomic mass is 35.5. The molecule has 0 saturated carbocycles. The van der Waals surface area contributed by atoms with E-state index in [4.69, 9.17) is 21.6 Å². The molecule has 0 aliphatic rings. The quantitative estimate of drug-likeness (QED) is 0.741. The molecule has 3 heteroatoms. The molecule has 102 valence electrons. The Kier molecular flexibility index (Phi) is 4.65. The van der Waals surface area contributed by atoms with E-state index in [1.165, 1.54) is 0 Å². The van der Waals surface area contributed by atoms with E-state index in [9.17, 15) is 0 Å². The number of ether oxygens (including phenoxy) is 1. The van der Waals surface area contributed by atoms with Crippen LogP contribution < -0.4 is 4.74 Å². The lowest BCUT2D eigenvalue weighted by molar-refractivity contribution is 0.470. The van der Waals surface area contributed by atoms with Crippen LogP contribution in [0, 0.1) is 11.3 Å². The molecule has 0 aliphatic carbocycles. The van der Waals surface area contributed by atoms with Gasteiger partial charge in [0.15, 0.2) is 0 Å². The lowest BCUT2D eigenvalue weighted by atomic mass is 9.98. The molecule has 0 radical (unpaired) electrons. The Bertz CT molecular complexity index is 646. The number of nitrogens with zero attached hydrogens (tertiary/aromatic N) is 1. The minimum Gasteiger partial charge on any atom is -0.456 e. The summed E-state index contributed by atoms with van der Waals surface area (Å²) in [5, 5.41) is 9.29. The smallest absolute Gasteiger partial charge is 0.146 e. The molecular formula is C17H16ClNO. The summed E-state index contributed by atoms with van der Waals surface area (Å²) in [6, 6.07) is 15.1. The monoisotopic (exact) mass is 285 g/mol. The van der Waals surface area contributed by atoms with Crippen molar-refractivity contribution in [1.29, 1.82) is 5.26 Å². The highest BCUT2D eigenvalue weighted by Gasteiger charge is 2.12. The van der Waals surface area contributed by atoms with Crippen molar-refractivity contribution in [1.82, 2.24) is 0 Å². The maximum atomic E-state index is 8.84. The van der Waals surface area contributed by atoms with Crippen LogP contribution in [0.25, 0.3) is 0 Å². The molecular weight excluding hydrogens is 270 g/mol. The van der Waals surface area contributed by atoms with Crippen LogP contribution in [0.4, 0.5) is 0 Å². The largest absolute Gasteiger partial charge is 0.456 e. The Balaban J connectivity index is 2.33. The minimum atomic E-state index is 0.420. The van der Waals surface area contributed by atoms with Crippen LogP contribution in [0.15, 0.2) is 42.5 Å². The van der Waals surface area contributed by atoms with Crippen molar-refractivity contribution in [3.63, 3.8) is 0 Å². The first-order valence-electron chi connectivity index (χ1n) is 6.62. The lowest BCUT2D eigenvalue weighted by Crippen LogP contribution is -1.96. The number of benzene rings is 2. The van der Waals surface area contributed by atoms with Gasteiger partial charge in [-0.2, -0.15) is 5.26 Å². The van der Waals surface area contributed by atoms with E-state index < -0.39 is 0 Å². The number of para-hydroxylation sites is 1. The number of halogens is 1. The van der Waals surface area contributed by atoms with Gasteiger partial charge in [0, 0.05) is 0 Å². The summed E-state index contributed by atoms with van der Waals surface area (Å²) in [5.41, 5.74) is 1.69. The fraction of sp³-hybridized carbons (Fsp3) is 0.235. The lowest BCUT2D eigenvalue weighted by Gasteiger charge is -2.16. The summed E-state index contributed by atoms with van der Waals surface area (Å²) < 4.78 is 5.92. The average molecular weight is 286 g/mol. The Morgan fingerprint density at radius 3 is 2.60 bits per heavy atom. The second kappa shape index (κ2) is 6.45. The number of hydrogen-bond acceptors (Lipinski definition) is 2. The maximum Gasteiger partial charge on any atom is 0.146 e. The van der Waals surface area contributed by atoms with Crippen LogP contribution in [-0.4, -0.2) is 0 Å². The number of nitriles is 1. The molecule has 0 spiro atoms. The SMILES string of the molecule is CCC(C)c1ccccc1Oc1ccc(C#N)cc1Cl. The van der Waals surface area contributed by atoms with Crippen molar-refractivity contribution in [3.8, 4) is 17.6 Å². The predicted molar refractivity (Wildman–Crippen MR) is 81.4 cm³/mol. The van der Waals surface area contributed by atoms with E-state index in [1.54, 1.807) is 18.2 Å². The first-order valence-corrected chi connectivity index (χ1v) is 7.00. The molecule has 1 atom stereocenters. The van der Waals surface area contributed by atoms with Crippen LogP contribution in [0.2, 0.25) is 5.02 Å². The third-order valence-corrected chi connectivity index (χ3v) is 3.64. The summed E-state index contributed by atoms with van der Waals surface area (Å²) in [4.78, 5) is 0. The van der Waals surface area contributed by atoms with Crippen LogP contribution in [-0.2, 0) is 0 Å². The van der Waals surface area contributed by atoms with Crippen LogP contribution >= 0.6 is 11.6 Å². The Hall–Kier alpha value is -1.98. The van der Waals surface area contributed by atoms with Crippen molar-refractivity contribution in [2.45, 2.75) is 26.2 Å². The van der Waals surface area contributed by atoms with Gasteiger partial charge in [-0.1, -0.05) is 43.6 Å². The van der Waals surface area contributed by atoms with Crippen LogP contribution in [0.3, 0.4) is 0 Å². The molecule has 0 aromatic heterocycles. The van der Waals surface area contributed by atoms with Crippen molar-refractivity contribution >= 4 is 11.6 Å². The molecule has 0 fully saturated rings. The van der Waals surface area contributed by atoms with Gasteiger partial charge in [-0.25, -0.2) is 0 Å². The van der Waals surface area contributed by atoms with Gasteiger partial charge in [0.1, 0.15) is 11.5 Å². The molecule has 2 aromatic carbocycles. The van der Waals surface area contributed by atoms with E-state index in [0.717, 1.165) is 17.7 Å². The van der Waals surface area contributed by atoms with Gasteiger partial charge in [-0.05, 0) is 42.2 Å². The van der Waals surface area contributed by atoms with Crippen molar-refractivity contribution in [2.24, 2.45) is 0 Å². The predicted octanol–water partition coefficient (Wildman–Crippen LogP) is 5.52. The van der Waals surface area contributed by atoms with Gasteiger partial charge in [0.05, 0.1) is 16.7 Å². The molecule has 2 aromatic rings. The van der Waals surface area contributed by atoms with Gasteiger partial charge >= 0.3 is 0 Å². The average Bonchev–Trinajstić information content (AvgIpc) is 2.49. The summed E-state index contributed by atoms with van der Waals surface area (Å²) in [7, 11) is 0. The Labute approximate surface area is 124 Å². The van der Waals surface area contributed by atoms with Crippen molar-refractivity contribution < 1.29 is 4.74 Å². The van der Waals surface area contributed by atoms with Gasteiger partial charge in [0.25, 0.3) is 0 Å². The minimum absolute atomic E-state index is 0.420. The zero-order chi connectivity index (χ0) is 14.5. The second-order valence-electron chi connectivity index (χ2n) is 4.71. The topological polar surface area (TPSA) is 33.0 Å². The van der Waals surface area contributed by atoms with E-state index >= 15 is 0 Å². The standard InChI is InChI=1S/C17H16ClNO/c1-3-12(2)14-6-4-5-7-16(14)20-17-9-8-13(11-19)10-15(17)18/h4-10,12H,3H2,1-2H3. The molecule has 20 heavy (non-hydrogen) atoms. The maximum absolute atomic E-state index is 8.84. The van der Waals surface area contributed by atoms with E-state index in [2.05, 4.69) is 26.0 Å². The second-order valence-corrected chi connectivity index (χ2v) is 5.11. The molecule has 0 bridgehead atoms. The molecule has 0 saturated heterocycles. The van der Waals surface area contributed by atoms with Gasteiger partial charge < -0.3 is 4.74 Å². The molecule has 0 aliphatic heterocycles. The van der Waals surface area contributed by atoms with E-state index in [0.29, 0.717) is 22.3 Å². The van der Waals surface area contributed by atoms with Crippen LogP contribution in [0.1, 0.15) is 37.3 Å². The van der Waals surface area contributed by atoms with Gasteiger partial charge in [0.2, 0.25) is 0 Å². The third kappa shape index (κ3) is 3.12. The Morgan fingerprint density at radius 2 is 1.95 bits per heavy atom. The number of rotatable bonds is 4. The summed E-state index contributed by atoms with van der Waals surface area (Å²) in [6.45, 7) is 4.32. The number of hydrogen-bond donors (Lipinski definition) is 0. The third-order valence-electron chi connectivity index (χ3n) is 3.34. The molecule has 2 rings (SSSR count). The fourth-order valence-electron chi connectivity index (χ4n) is 1.97. The zero-order valence-electron chi connectivity index (χ0n) is 11.6. The van der Waals surface area contributed by atoms with Gasteiger partial charge in [-0.3, -0.25) is 0 Å². The first-order chi connectivity index (χ1) is 9.65. The summed E-state index contributed by atoms with van der Waals surface area (Å²) in [6.07, 6.45) is 1.04. The molecule has 1 unspecified atom stereocenters. The van der Waals surface area contributed by atoms with Crippen molar-refractivity contribution in [3.05, 3.63) is 58.6 Å². The molecule has 0 heterocycles. The normalized spacial score (nSPS) is 11.7. The highest BCUT2D eigenvalue weighted by molar-refractivity contribution is 6.32. The summed E-state index contributed by atoms with van der Waals surface area (Å²) in [5.74, 6) is 1.80. The molecule has 0 amide bonds. The van der Waals surface area contributed by atoms with E-state index in [1.807, 2.05) is 18.2 Å². The Morgan fingerprint density at radius 1 is 1.20 bits per heavy atom. The van der Waals surface area contributed by atoms with E-state index in [-0.39, 0.29) is 0 Å². The van der Waals surface area contributed by atoms with Crippen molar-refractivity contribution in [2.75, 3.05) is 0 Å².